The lowest BCUT2D eigenvalue weighted by Gasteiger charge is -2.32. The van der Waals surface area contributed by atoms with Gasteiger partial charge in [0, 0.05) is 45.6 Å². The lowest BCUT2D eigenvalue weighted by molar-refractivity contribution is 0.0420. The van der Waals surface area contributed by atoms with Crippen LogP contribution in [0.25, 0.3) is 0 Å². The van der Waals surface area contributed by atoms with E-state index in [9.17, 15) is 0 Å². The lowest BCUT2D eigenvalue weighted by atomic mass is 10.2. The molecule has 2 atom stereocenters. The smallest absolute Gasteiger partial charge is 0.191 e. The normalized spacial score (nSPS) is 22.7. The quantitative estimate of drug-likeness (QED) is 0.367. The second kappa shape index (κ2) is 11.9. The van der Waals surface area contributed by atoms with Crippen LogP contribution in [0.3, 0.4) is 0 Å². The van der Waals surface area contributed by atoms with E-state index >= 15 is 0 Å². The number of hydrogen-bond acceptors (Lipinski definition) is 6. The first-order valence-corrected chi connectivity index (χ1v) is 10.8. The molecule has 2 aliphatic heterocycles. The van der Waals surface area contributed by atoms with E-state index in [2.05, 4.69) is 51.5 Å². The molecule has 0 spiro atoms. The largest absolute Gasteiger partial charge is 0.379 e. The number of aromatic nitrogens is 1. The summed E-state index contributed by atoms with van der Waals surface area (Å²) in [5.41, 5.74) is 1.09. The van der Waals surface area contributed by atoms with Gasteiger partial charge in [-0.15, -0.1) is 0 Å². The van der Waals surface area contributed by atoms with Crippen LogP contribution < -0.4 is 15.5 Å². The molecule has 2 fully saturated rings. The van der Waals surface area contributed by atoms with Gasteiger partial charge in [0.1, 0.15) is 5.82 Å². The molecule has 8 nitrogen and oxygen atoms in total. The molecule has 2 saturated heterocycles. The molecule has 0 saturated carbocycles. The topological polar surface area (TPSA) is 80.2 Å². The molecule has 3 rings (SSSR count). The minimum absolute atomic E-state index is 0.250. The average molecular weight is 406 g/mol. The van der Waals surface area contributed by atoms with Gasteiger partial charge >= 0.3 is 0 Å². The van der Waals surface area contributed by atoms with E-state index in [-0.39, 0.29) is 12.2 Å². The summed E-state index contributed by atoms with van der Waals surface area (Å²) < 4.78 is 16.7. The highest BCUT2D eigenvalue weighted by Crippen LogP contribution is 2.15. The van der Waals surface area contributed by atoms with Gasteiger partial charge in [-0.05, 0) is 38.3 Å². The third-order valence-corrected chi connectivity index (χ3v) is 4.99. The first-order chi connectivity index (χ1) is 14.2. The van der Waals surface area contributed by atoms with E-state index in [0.717, 1.165) is 82.8 Å². The number of pyridine rings is 1. The summed E-state index contributed by atoms with van der Waals surface area (Å²) in [7, 11) is 0. The van der Waals surface area contributed by atoms with Crippen molar-refractivity contribution in [3.8, 4) is 0 Å². The summed E-state index contributed by atoms with van der Waals surface area (Å²) in [4.78, 5) is 11.6. The van der Waals surface area contributed by atoms with Crippen molar-refractivity contribution in [2.45, 2.75) is 45.4 Å². The van der Waals surface area contributed by atoms with Gasteiger partial charge in [-0.1, -0.05) is 6.07 Å². The molecular weight excluding hydrogens is 370 g/mol. The zero-order valence-electron chi connectivity index (χ0n) is 17.7. The number of aliphatic imine (C=N–C) groups is 1. The third kappa shape index (κ3) is 7.45. The van der Waals surface area contributed by atoms with Crippen LogP contribution in [0.2, 0.25) is 0 Å². The van der Waals surface area contributed by atoms with Crippen molar-refractivity contribution in [3.63, 3.8) is 0 Å². The second-order valence-corrected chi connectivity index (χ2v) is 7.48. The van der Waals surface area contributed by atoms with Crippen LogP contribution >= 0.6 is 0 Å². The highest BCUT2D eigenvalue weighted by atomic mass is 16.5. The Morgan fingerprint density at radius 3 is 3.00 bits per heavy atom. The Hall–Kier alpha value is -1.90. The number of nitrogens with one attached hydrogen (secondary N) is 2. The maximum atomic E-state index is 5.80. The van der Waals surface area contributed by atoms with Crippen LogP contribution in [0.5, 0.6) is 0 Å². The summed E-state index contributed by atoms with van der Waals surface area (Å²) in [6.45, 7) is 11.2. The van der Waals surface area contributed by atoms with Crippen molar-refractivity contribution in [3.05, 3.63) is 23.9 Å². The van der Waals surface area contributed by atoms with Gasteiger partial charge in [-0.3, -0.25) is 0 Å². The zero-order chi connectivity index (χ0) is 20.3. The van der Waals surface area contributed by atoms with Gasteiger partial charge in [0.2, 0.25) is 0 Å². The maximum absolute atomic E-state index is 5.80. The molecule has 0 aliphatic carbocycles. The number of rotatable bonds is 9. The van der Waals surface area contributed by atoms with Crippen LogP contribution in [0.15, 0.2) is 23.3 Å². The minimum Gasteiger partial charge on any atom is -0.379 e. The van der Waals surface area contributed by atoms with Gasteiger partial charge < -0.3 is 29.7 Å². The van der Waals surface area contributed by atoms with Gasteiger partial charge in [0.25, 0.3) is 0 Å². The van der Waals surface area contributed by atoms with Crippen LogP contribution in [0.4, 0.5) is 5.82 Å². The molecule has 0 aromatic carbocycles. The Labute approximate surface area is 174 Å². The van der Waals surface area contributed by atoms with Gasteiger partial charge in [-0.25, -0.2) is 9.98 Å². The van der Waals surface area contributed by atoms with Crippen LogP contribution in [-0.4, -0.2) is 75.8 Å². The van der Waals surface area contributed by atoms with Crippen LogP contribution in [-0.2, 0) is 20.8 Å². The summed E-state index contributed by atoms with van der Waals surface area (Å²) >= 11 is 0. The highest BCUT2D eigenvalue weighted by Gasteiger charge is 2.17. The molecule has 162 valence electrons. The zero-order valence-corrected chi connectivity index (χ0v) is 17.7. The molecular formula is C21H35N5O3. The number of morpholine rings is 1. The third-order valence-electron chi connectivity index (χ3n) is 4.99. The van der Waals surface area contributed by atoms with E-state index in [4.69, 9.17) is 14.2 Å². The fourth-order valence-electron chi connectivity index (χ4n) is 3.41. The number of ether oxygens (including phenoxy) is 3. The Bertz CT molecular complexity index is 619. The molecule has 0 radical (unpaired) electrons. The predicted octanol–water partition coefficient (Wildman–Crippen LogP) is 1.56. The molecule has 0 amide bonds. The van der Waals surface area contributed by atoms with E-state index in [1.54, 1.807) is 0 Å². The molecule has 1 aromatic rings. The molecule has 2 N–H and O–H groups in total. The Morgan fingerprint density at radius 2 is 2.28 bits per heavy atom. The Kier molecular flexibility index (Phi) is 8.98. The van der Waals surface area contributed by atoms with Crippen molar-refractivity contribution >= 4 is 11.8 Å². The van der Waals surface area contributed by atoms with Gasteiger partial charge in [0.15, 0.2) is 5.96 Å². The Balaban J connectivity index is 1.41. The number of guanidine groups is 1. The van der Waals surface area contributed by atoms with Crippen molar-refractivity contribution in [1.29, 1.82) is 0 Å². The average Bonchev–Trinajstić information content (AvgIpc) is 3.25. The minimum atomic E-state index is 0.250. The van der Waals surface area contributed by atoms with E-state index < -0.39 is 0 Å². The molecule has 29 heavy (non-hydrogen) atoms. The molecule has 0 bridgehead atoms. The molecule has 1 aromatic heterocycles. The van der Waals surface area contributed by atoms with Crippen LogP contribution in [0, 0.1) is 0 Å². The summed E-state index contributed by atoms with van der Waals surface area (Å²) in [5.74, 6) is 1.83. The van der Waals surface area contributed by atoms with Crippen molar-refractivity contribution in [1.82, 2.24) is 15.6 Å². The number of hydrogen-bond donors (Lipinski definition) is 2. The first-order valence-electron chi connectivity index (χ1n) is 10.8. The molecule has 2 aliphatic rings. The summed E-state index contributed by atoms with van der Waals surface area (Å²) in [6.07, 6.45) is 4.39. The fourth-order valence-corrected chi connectivity index (χ4v) is 3.41. The lowest BCUT2D eigenvalue weighted by Crippen LogP contribution is -2.41. The fraction of sp³-hybridized carbons (Fsp3) is 0.714. The van der Waals surface area contributed by atoms with Gasteiger partial charge in [0.05, 0.1) is 32.0 Å². The van der Waals surface area contributed by atoms with Crippen LogP contribution in [0.1, 0.15) is 32.3 Å². The van der Waals surface area contributed by atoms with E-state index in [0.29, 0.717) is 6.54 Å². The van der Waals surface area contributed by atoms with Crippen molar-refractivity contribution < 1.29 is 14.2 Å². The van der Waals surface area contributed by atoms with Gasteiger partial charge in [-0.2, -0.15) is 0 Å². The molecule has 3 heterocycles. The molecule has 2 unspecified atom stereocenters. The standard InChI is InChI=1S/C21H35N5O3/c1-3-22-21(23-8-4-10-29-19-7-11-27-16-19)25-14-18-5-6-20(24-13-18)26-9-12-28-17(2)15-26/h5-6,13,17,19H,3-4,7-12,14-16H2,1-2H3,(H2,22,23,25). The predicted molar refractivity (Wildman–Crippen MR) is 114 cm³/mol. The highest BCUT2D eigenvalue weighted by molar-refractivity contribution is 5.79. The monoisotopic (exact) mass is 405 g/mol. The Morgan fingerprint density at radius 1 is 1.34 bits per heavy atom. The summed E-state index contributed by atoms with van der Waals surface area (Å²) in [5, 5.41) is 6.66. The van der Waals surface area contributed by atoms with Crippen molar-refractivity contribution in [2.75, 3.05) is 57.5 Å². The molecule has 8 heteroatoms. The maximum Gasteiger partial charge on any atom is 0.191 e. The van der Waals surface area contributed by atoms with E-state index in [1.807, 2.05) is 6.20 Å². The first kappa shape index (κ1) is 21.8. The second-order valence-electron chi connectivity index (χ2n) is 7.48. The van der Waals surface area contributed by atoms with Crippen molar-refractivity contribution in [2.24, 2.45) is 4.99 Å². The number of nitrogens with zero attached hydrogens (tertiary/aromatic N) is 3. The SMILES string of the molecule is CCNC(=NCc1ccc(N2CCOC(C)C2)nc1)NCCCOC1CCOC1. The number of anilines is 1. The van der Waals surface area contributed by atoms with E-state index in [1.165, 1.54) is 0 Å². The summed E-state index contributed by atoms with van der Waals surface area (Å²) in [6, 6.07) is 4.18.